The fourth-order valence-corrected chi connectivity index (χ4v) is 2.34. The minimum absolute atomic E-state index is 0.0265. The van der Waals surface area contributed by atoms with Gasteiger partial charge in [0, 0.05) is 17.1 Å². The topological polar surface area (TPSA) is 64.3 Å². The molecule has 0 aliphatic rings. The Morgan fingerprint density at radius 1 is 1.32 bits per heavy atom. The lowest BCUT2D eigenvalue weighted by Crippen LogP contribution is -2.33. The third kappa shape index (κ3) is 3.78. The Hall–Kier alpha value is -2.04. The number of carbonyl (C=O) groups is 1. The van der Waals surface area contributed by atoms with Crippen LogP contribution >= 0.6 is 11.6 Å². The molecule has 0 saturated heterocycles. The van der Waals surface area contributed by atoms with E-state index in [1.165, 1.54) is 0 Å². The number of halogens is 1. The molecule has 22 heavy (non-hydrogen) atoms. The number of nitrogens with two attached hydrogens (primary N) is 1. The van der Waals surface area contributed by atoms with Gasteiger partial charge in [-0.1, -0.05) is 29.8 Å². The number of methoxy groups -OCH3 is 1. The smallest absolute Gasteiger partial charge is 0.179 e. The number of hydrogen-bond donors (Lipinski definition) is 2. The highest BCUT2D eigenvalue weighted by Gasteiger charge is 2.16. The van der Waals surface area contributed by atoms with Crippen LogP contribution in [0.25, 0.3) is 0 Å². The van der Waals surface area contributed by atoms with Crippen molar-refractivity contribution in [1.82, 2.24) is 5.32 Å². The lowest BCUT2D eigenvalue weighted by molar-refractivity contribution is 0.0950. The molecule has 116 valence electrons. The molecule has 1 unspecified atom stereocenters. The number of carbonyl (C=O) groups excluding carboxylic acids is 1. The van der Waals surface area contributed by atoms with Gasteiger partial charge in [0.15, 0.2) is 5.78 Å². The Morgan fingerprint density at radius 3 is 2.68 bits per heavy atom. The van der Waals surface area contributed by atoms with E-state index in [0.29, 0.717) is 28.6 Å². The van der Waals surface area contributed by atoms with Gasteiger partial charge < -0.3 is 15.8 Å². The van der Waals surface area contributed by atoms with E-state index in [0.717, 1.165) is 5.56 Å². The van der Waals surface area contributed by atoms with Gasteiger partial charge in [0.05, 0.1) is 18.8 Å². The Labute approximate surface area is 135 Å². The second-order valence-corrected chi connectivity index (χ2v) is 5.42. The molecule has 2 rings (SSSR count). The second kappa shape index (κ2) is 7.29. The number of rotatable bonds is 6. The van der Waals surface area contributed by atoms with E-state index in [1.807, 2.05) is 31.2 Å². The van der Waals surface area contributed by atoms with Gasteiger partial charge in [-0.25, -0.2) is 0 Å². The summed E-state index contributed by atoms with van der Waals surface area (Å²) < 4.78 is 5.09. The van der Waals surface area contributed by atoms with Gasteiger partial charge in [0.1, 0.15) is 5.75 Å². The number of Topliss-reactive ketones (excluding diaryl/α,β-unsaturated/α-hetero) is 1. The molecule has 2 aromatic carbocycles. The van der Waals surface area contributed by atoms with Crippen LogP contribution < -0.4 is 15.8 Å². The Bertz CT molecular complexity index is 673. The Kier molecular flexibility index (Phi) is 5.41. The van der Waals surface area contributed by atoms with Gasteiger partial charge in [-0.3, -0.25) is 4.79 Å². The van der Waals surface area contributed by atoms with Crippen LogP contribution in [0.2, 0.25) is 5.02 Å². The second-order valence-electron chi connectivity index (χ2n) is 5.01. The van der Waals surface area contributed by atoms with Crippen LogP contribution in [0.5, 0.6) is 5.75 Å². The molecule has 0 heterocycles. The van der Waals surface area contributed by atoms with Crippen molar-refractivity contribution >= 4 is 23.1 Å². The molecule has 0 saturated carbocycles. The van der Waals surface area contributed by atoms with Gasteiger partial charge >= 0.3 is 0 Å². The van der Waals surface area contributed by atoms with Crippen molar-refractivity contribution in [2.24, 2.45) is 0 Å². The number of ether oxygens (including phenoxy) is 1. The van der Waals surface area contributed by atoms with Crippen LogP contribution in [0.4, 0.5) is 5.69 Å². The lowest BCUT2D eigenvalue weighted by Gasteiger charge is -2.14. The molecule has 0 radical (unpaired) electrons. The number of ketones is 1. The first-order valence-corrected chi connectivity index (χ1v) is 7.35. The lowest BCUT2D eigenvalue weighted by atomic mass is 10.0. The van der Waals surface area contributed by atoms with E-state index < -0.39 is 0 Å². The third-order valence-electron chi connectivity index (χ3n) is 3.46. The number of nitrogens with one attached hydrogen (secondary N) is 1. The first kappa shape index (κ1) is 16.3. The summed E-state index contributed by atoms with van der Waals surface area (Å²) in [5.74, 6) is 0.537. The maximum atomic E-state index is 12.4. The van der Waals surface area contributed by atoms with Gasteiger partial charge in [-0.05, 0) is 36.8 Å². The summed E-state index contributed by atoms with van der Waals surface area (Å²) in [7, 11) is 1.54. The monoisotopic (exact) mass is 318 g/mol. The zero-order valence-corrected chi connectivity index (χ0v) is 13.4. The molecule has 3 N–H and O–H groups in total. The molecule has 1 atom stereocenters. The van der Waals surface area contributed by atoms with E-state index in [4.69, 9.17) is 22.1 Å². The normalized spacial score (nSPS) is 12.0. The van der Waals surface area contributed by atoms with Crippen molar-refractivity contribution in [3.63, 3.8) is 0 Å². The number of hydrogen-bond acceptors (Lipinski definition) is 4. The summed E-state index contributed by atoms with van der Waals surface area (Å²) in [5, 5.41) is 3.86. The Balaban J connectivity index is 2.03. The largest absolute Gasteiger partial charge is 0.495 e. The highest BCUT2D eigenvalue weighted by Crippen LogP contribution is 2.22. The molecule has 5 heteroatoms. The summed E-state index contributed by atoms with van der Waals surface area (Å²) in [6.45, 7) is 2.35. The minimum atomic E-state index is -0.343. The number of benzene rings is 2. The van der Waals surface area contributed by atoms with Crippen LogP contribution in [-0.4, -0.2) is 18.9 Å². The Morgan fingerprint density at radius 2 is 2.05 bits per heavy atom. The fraction of sp³-hybridized carbons (Fsp3) is 0.235. The van der Waals surface area contributed by atoms with Crippen molar-refractivity contribution in [3.8, 4) is 5.75 Å². The van der Waals surface area contributed by atoms with E-state index in [-0.39, 0.29) is 11.8 Å². The molecule has 0 spiro atoms. The molecular weight excluding hydrogens is 300 g/mol. The zero-order chi connectivity index (χ0) is 16.1. The van der Waals surface area contributed by atoms with Crippen LogP contribution in [0, 0.1) is 0 Å². The summed E-state index contributed by atoms with van der Waals surface area (Å²) in [5.41, 5.74) is 7.80. The van der Waals surface area contributed by atoms with Crippen molar-refractivity contribution in [1.29, 1.82) is 0 Å². The summed E-state index contributed by atoms with van der Waals surface area (Å²) in [6, 6.07) is 12.3. The summed E-state index contributed by atoms with van der Waals surface area (Å²) >= 11 is 6.10. The van der Waals surface area contributed by atoms with Crippen molar-refractivity contribution in [3.05, 3.63) is 58.6 Å². The molecule has 0 amide bonds. The fourth-order valence-electron chi connectivity index (χ4n) is 2.14. The van der Waals surface area contributed by atoms with Crippen LogP contribution in [0.3, 0.4) is 0 Å². The van der Waals surface area contributed by atoms with E-state index in [1.54, 1.807) is 25.3 Å². The number of nitrogen functional groups attached to an aromatic ring is 1. The van der Waals surface area contributed by atoms with Crippen LogP contribution in [0.15, 0.2) is 42.5 Å². The third-order valence-corrected chi connectivity index (χ3v) is 3.83. The molecular formula is C17H19ClN2O2. The predicted octanol–water partition coefficient (Wildman–Crippen LogP) is 3.29. The average Bonchev–Trinajstić information content (AvgIpc) is 2.53. The SMILES string of the molecule is COc1ccc(C(=O)C(C)NCc2ccccc2Cl)cc1N. The number of anilines is 1. The van der Waals surface area contributed by atoms with Gasteiger partial charge in [-0.15, -0.1) is 0 Å². The van der Waals surface area contributed by atoms with Gasteiger partial charge in [-0.2, -0.15) is 0 Å². The zero-order valence-electron chi connectivity index (χ0n) is 12.6. The van der Waals surface area contributed by atoms with Gasteiger partial charge in [0.25, 0.3) is 0 Å². The van der Waals surface area contributed by atoms with Gasteiger partial charge in [0.2, 0.25) is 0 Å². The van der Waals surface area contributed by atoms with E-state index in [9.17, 15) is 4.79 Å². The molecule has 0 aromatic heterocycles. The van der Waals surface area contributed by atoms with E-state index in [2.05, 4.69) is 5.32 Å². The van der Waals surface area contributed by atoms with Crippen molar-refractivity contribution in [2.45, 2.75) is 19.5 Å². The first-order chi connectivity index (χ1) is 10.5. The molecule has 0 aliphatic carbocycles. The van der Waals surface area contributed by atoms with Crippen LogP contribution in [-0.2, 0) is 6.54 Å². The summed E-state index contributed by atoms with van der Waals surface area (Å²) in [6.07, 6.45) is 0. The standard InChI is InChI=1S/C17H19ClN2O2/c1-11(20-10-13-5-3-4-6-14(13)18)17(21)12-7-8-16(22-2)15(19)9-12/h3-9,11,20H,10,19H2,1-2H3. The van der Waals surface area contributed by atoms with Crippen molar-refractivity contribution in [2.75, 3.05) is 12.8 Å². The van der Waals surface area contributed by atoms with E-state index >= 15 is 0 Å². The average molecular weight is 319 g/mol. The predicted molar refractivity (Wildman–Crippen MR) is 89.5 cm³/mol. The summed E-state index contributed by atoms with van der Waals surface area (Å²) in [4.78, 5) is 12.4. The minimum Gasteiger partial charge on any atom is -0.495 e. The maximum Gasteiger partial charge on any atom is 0.179 e. The molecule has 4 nitrogen and oxygen atoms in total. The maximum absolute atomic E-state index is 12.4. The quantitative estimate of drug-likeness (QED) is 0.633. The molecule has 2 aromatic rings. The first-order valence-electron chi connectivity index (χ1n) is 6.97. The van der Waals surface area contributed by atoms with Crippen molar-refractivity contribution < 1.29 is 9.53 Å². The highest BCUT2D eigenvalue weighted by molar-refractivity contribution is 6.31. The molecule has 0 fully saturated rings. The van der Waals surface area contributed by atoms with Crippen LogP contribution in [0.1, 0.15) is 22.8 Å². The molecule has 0 aliphatic heterocycles. The molecule has 0 bridgehead atoms. The highest BCUT2D eigenvalue weighted by atomic mass is 35.5.